The van der Waals surface area contributed by atoms with E-state index in [0.717, 1.165) is 26.1 Å². The fourth-order valence-corrected chi connectivity index (χ4v) is 1.91. The molecule has 82 valence electrons. The van der Waals surface area contributed by atoms with Gasteiger partial charge in [0.15, 0.2) is 0 Å². The first-order valence-electron chi connectivity index (χ1n) is 5.31. The van der Waals surface area contributed by atoms with Crippen molar-refractivity contribution in [1.29, 1.82) is 0 Å². The molecule has 1 aliphatic rings. The van der Waals surface area contributed by atoms with Crippen molar-refractivity contribution in [2.75, 3.05) is 25.5 Å². The molecule has 0 aromatic rings. The molecule has 2 atom stereocenters. The highest BCUT2D eigenvalue weighted by atomic mass is 35.5. The maximum absolute atomic E-state index is 5.76. The number of nitrogens with zero attached hydrogens (tertiary/aromatic N) is 1. The first-order chi connectivity index (χ1) is 6.72. The smallest absolute Gasteiger partial charge is 0.0677 e. The topological polar surface area (TPSA) is 12.5 Å². The van der Waals surface area contributed by atoms with Crippen LogP contribution in [0.1, 0.15) is 20.3 Å². The summed E-state index contributed by atoms with van der Waals surface area (Å²) in [5, 5.41) is 0. The molecule has 0 aliphatic carbocycles. The molecule has 1 heterocycles. The number of hydrogen-bond acceptors (Lipinski definition) is 2. The first-order valence-corrected chi connectivity index (χ1v) is 5.84. The molecular weight excluding hydrogens is 198 g/mol. The lowest BCUT2D eigenvalue weighted by Gasteiger charge is -2.19. The van der Waals surface area contributed by atoms with Gasteiger partial charge < -0.3 is 4.74 Å². The molecule has 0 aromatic carbocycles. The summed E-state index contributed by atoms with van der Waals surface area (Å²) in [6.45, 7) is 7.43. The first kappa shape index (κ1) is 12.0. The minimum atomic E-state index is 0.344. The van der Waals surface area contributed by atoms with Crippen molar-refractivity contribution in [3.8, 4) is 0 Å². The van der Waals surface area contributed by atoms with Crippen molar-refractivity contribution in [3.63, 3.8) is 0 Å². The summed E-state index contributed by atoms with van der Waals surface area (Å²) < 4.78 is 5.76. The van der Waals surface area contributed by atoms with E-state index in [9.17, 15) is 0 Å². The van der Waals surface area contributed by atoms with Gasteiger partial charge >= 0.3 is 0 Å². The summed E-state index contributed by atoms with van der Waals surface area (Å²) in [5.74, 6) is 0.607. The Kier molecular flexibility index (Phi) is 5.53. The molecule has 2 nitrogen and oxygen atoms in total. The molecular formula is C11H20ClNO. The summed E-state index contributed by atoms with van der Waals surface area (Å²) in [5.41, 5.74) is 0. The second-order valence-electron chi connectivity index (χ2n) is 3.93. The van der Waals surface area contributed by atoms with Crippen molar-refractivity contribution >= 4 is 11.6 Å². The fourth-order valence-electron chi connectivity index (χ4n) is 1.78. The highest BCUT2D eigenvalue weighted by Gasteiger charge is 2.17. The predicted octanol–water partition coefficient (Wildman–Crippen LogP) is 2.28. The zero-order chi connectivity index (χ0) is 10.4. The Bertz CT molecular complexity index is 184. The van der Waals surface area contributed by atoms with Gasteiger partial charge in [0.05, 0.1) is 12.2 Å². The van der Waals surface area contributed by atoms with E-state index in [2.05, 4.69) is 24.8 Å². The maximum Gasteiger partial charge on any atom is 0.0677 e. The van der Waals surface area contributed by atoms with Crippen LogP contribution >= 0.6 is 11.6 Å². The summed E-state index contributed by atoms with van der Waals surface area (Å²) in [6.07, 6.45) is 6.00. The molecule has 1 rings (SSSR count). The third-order valence-electron chi connectivity index (χ3n) is 2.45. The van der Waals surface area contributed by atoms with Gasteiger partial charge in [-0.05, 0) is 20.3 Å². The lowest BCUT2D eigenvalue weighted by molar-refractivity contribution is 0.0148. The van der Waals surface area contributed by atoms with Crippen LogP contribution in [-0.4, -0.2) is 42.6 Å². The number of hydrogen-bond donors (Lipinski definition) is 0. The Morgan fingerprint density at radius 1 is 1.36 bits per heavy atom. The van der Waals surface area contributed by atoms with Gasteiger partial charge in [0.25, 0.3) is 0 Å². The van der Waals surface area contributed by atoms with Crippen LogP contribution in [0.3, 0.4) is 0 Å². The van der Waals surface area contributed by atoms with Gasteiger partial charge in [0, 0.05) is 25.5 Å². The Morgan fingerprint density at radius 2 is 2.14 bits per heavy atom. The van der Waals surface area contributed by atoms with E-state index in [1.807, 2.05) is 6.08 Å². The molecule has 3 heteroatoms. The predicted molar refractivity (Wildman–Crippen MR) is 60.9 cm³/mol. The molecule has 0 amide bonds. The van der Waals surface area contributed by atoms with E-state index in [4.69, 9.17) is 16.3 Å². The number of ether oxygens (including phenoxy) is 1. The van der Waals surface area contributed by atoms with E-state index in [0.29, 0.717) is 18.1 Å². The van der Waals surface area contributed by atoms with Gasteiger partial charge in [-0.25, -0.2) is 0 Å². The summed E-state index contributed by atoms with van der Waals surface area (Å²) >= 11 is 5.57. The van der Waals surface area contributed by atoms with E-state index < -0.39 is 0 Å². The van der Waals surface area contributed by atoms with E-state index in [1.54, 1.807) is 0 Å². The number of rotatable bonds is 3. The zero-order valence-electron chi connectivity index (χ0n) is 9.08. The van der Waals surface area contributed by atoms with Crippen molar-refractivity contribution < 1.29 is 4.74 Å². The van der Waals surface area contributed by atoms with Crippen LogP contribution in [0, 0.1) is 0 Å². The highest BCUT2D eigenvalue weighted by molar-refractivity contribution is 6.18. The monoisotopic (exact) mass is 217 g/mol. The summed E-state index contributed by atoms with van der Waals surface area (Å²) in [4.78, 5) is 2.41. The van der Waals surface area contributed by atoms with Crippen molar-refractivity contribution in [1.82, 2.24) is 4.90 Å². The minimum absolute atomic E-state index is 0.344. The van der Waals surface area contributed by atoms with E-state index in [1.165, 1.54) is 0 Å². The van der Waals surface area contributed by atoms with Crippen LogP contribution < -0.4 is 0 Å². The molecule has 0 spiro atoms. The number of halogens is 1. The summed E-state index contributed by atoms with van der Waals surface area (Å²) in [6, 6.07) is 0. The van der Waals surface area contributed by atoms with Crippen LogP contribution in [0.15, 0.2) is 12.2 Å². The maximum atomic E-state index is 5.76. The molecule has 0 aromatic heterocycles. The highest BCUT2D eigenvalue weighted by Crippen LogP contribution is 2.10. The van der Waals surface area contributed by atoms with Gasteiger partial charge in [-0.15, -0.1) is 11.6 Å². The zero-order valence-corrected chi connectivity index (χ0v) is 9.83. The average molecular weight is 218 g/mol. The third-order valence-corrected chi connectivity index (χ3v) is 2.63. The molecule has 0 radical (unpaired) electrons. The molecule has 1 saturated heterocycles. The Balaban J connectivity index is 2.34. The van der Waals surface area contributed by atoms with Crippen molar-refractivity contribution in [2.45, 2.75) is 32.5 Å². The average Bonchev–Trinajstić information content (AvgIpc) is 2.28. The largest absolute Gasteiger partial charge is 0.374 e. The lowest BCUT2D eigenvalue weighted by Crippen LogP contribution is -2.30. The summed E-state index contributed by atoms with van der Waals surface area (Å²) in [7, 11) is 0. The SMILES string of the molecule is CC1CCN(C/C=C/CCl)CC(C)O1. The molecule has 0 N–H and O–H groups in total. The normalized spacial score (nSPS) is 30.8. The quantitative estimate of drug-likeness (QED) is 0.531. The Morgan fingerprint density at radius 3 is 2.86 bits per heavy atom. The van der Waals surface area contributed by atoms with Gasteiger partial charge in [-0.2, -0.15) is 0 Å². The van der Waals surface area contributed by atoms with Gasteiger partial charge in [0.2, 0.25) is 0 Å². The van der Waals surface area contributed by atoms with Crippen LogP contribution in [-0.2, 0) is 4.74 Å². The molecule has 0 bridgehead atoms. The fraction of sp³-hybridized carbons (Fsp3) is 0.818. The van der Waals surface area contributed by atoms with Gasteiger partial charge in [0.1, 0.15) is 0 Å². The molecule has 14 heavy (non-hydrogen) atoms. The number of alkyl halides is 1. The molecule has 1 aliphatic heterocycles. The van der Waals surface area contributed by atoms with Crippen LogP contribution in [0.2, 0.25) is 0 Å². The molecule has 0 saturated carbocycles. The van der Waals surface area contributed by atoms with Gasteiger partial charge in [-0.3, -0.25) is 4.90 Å². The third kappa shape index (κ3) is 4.45. The van der Waals surface area contributed by atoms with Gasteiger partial charge in [-0.1, -0.05) is 12.2 Å². The van der Waals surface area contributed by atoms with E-state index in [-0.39, 0.29) is 0 Å². The van der Waals surface area contributed by atoms with E-state index >= 15 is 0 Å². The second kappa shape index (κ2) is 6.44. The van der Waals surface area contributed by atoms with Crippen LogP contribution in [0.5, 0.6) is 0 Å². The van der Waals surface area contributed by atoms with Crippen molar-refractivity contribution in [3.05, 3.63) is 12.2 Å². The molecule has 2 unspecified atom stereocenters. The standard InChI is InChI=1S/C11H20ClNO/c1-10-5-8-13(7-4-3-6-12)9-11(2)14-10/h3-4,10-11H,5-9H2,1-2H3/b4-3+. The van der Waals surface area contributed by atoms with Crippen LogP contribution in [0.25, 0.3) is 0 Å². The Labute approximate surface area is 91.9 Å². The molecule has 1 fully saturated rings. The lowest BCUT2D eigenvalue weighted by atomic mass is 10.3. The Hall–Kier alpha value is -0.0500. The minimum Gasteiger partial charge on any atom is -0.374 e. The van der Waals surface area contributed by atoms with Crippen molar-refractivity contribution in [2.24, 2.45) is 0 Å². The number of allylic oxidation sites excluding steroid dienone is 1. The van der Waals surface area contributed by atoms with Crippen LogP contribution in [0.4, 0.5) is 0 Å². The second-order valence-corrected chi connectivity index (χ2v) is 4.24.